The fraction of sp³-hybridized carbons (Fsp3) is 0.560. The predicted octanol–water partition coefficient (Wildman–Crippen LogP) is 8.41. The van der Waals surface area contributed by atoms with E-state index in [1.54, 1.807) is 121 Å². The molecule has 408 valence electrons. The van der Waals surface area contributed by atoms with Crippen LogP contribution in [0.4, 0.5) is 11.4 Å². The van der Waals surface area contributed by atoms with Gasteiger partial charge in [0.15, 0.2) is 10.3 Å². The van der Waals surface area contributed by atoms with Crippen LogP contribution in [0.15, 0.2) is 46.5 Å². The molecule has 4 aromatic rings. The molecule has 2 aliphatic rings. The number of halogens is 2. The maximum absolute atomic E-state index is 13.9. The summed E-state index contributed by atoms with van der Waals surface area (Å²) in [6.45, 7) is 24.4. The van der Waals surface area contributed by atoms with Gasteiger partial charge >= 0.3 is 23.9 Å². The van der Waals surface area contributed by atoms with Crippen LogP contribution in [0.3, 0.4) is 0 Å². The lowest BCUT2D eigenvalue weighted by molar-refractivity contribution is -0.155. The molecule has 74 heavy (non-hydrogen) atoms. The highest BCUT2D eigenvalue weighted by Crippen LogP contribution is 2.45. The minimum absolute atomic E-state index is 0.0612. The quantitative estimate of drug-likeness (QED) is 0.0998. The van der Waals surface area contributed by atoms with Crippen molar-refractivity contribution in [1.29, 1.82) is 0 Å². The van der Waals surface area contributed by atoms with Gasteiger partial charge in [-0.1, -0.05) is 35.3 Å². The van der Waals surface area contributed by atoms with Crippen molar-refractivity contribution in [3.05, 3.63) is 69.2 Å². The Labute approximate surface area is 443 Å². The van der Waals surface area contributed by atoms with Crippen LogP contribution in [0.1, 0.15) is 118 Å². The number of aryl methyl sites for hydroxylation is 2. The first kappa shape index (κ1) is 59.3. The van der Waals surface area contributed by atoms with Gasteiger partial charge in [0.05, 0.1) is 48.1 Å². The first-order valence-corrected chi connectivity index (χ1v) is 27.6. The molecule has 6 rings (SSSR count). The summed E-state index contributed by atoms with van der Waals surface area (Å²) in [4.78, 5) is 48.2. The zero-order chi connectivity index (χ0) is 55.8. The van der Waals surface area contributed by atoms with Crippen molar-refractivity contribution in [2.45, 2.75) is 169 Å². The smallest absolute Gasteiger partial charge is 0.310 e. The number of rotatable bonds is 16. The maximum atomic E-state index is 13.9. The van der Waals surface area contributed by atoms with E-state index in [0.717, 1.165) is 0 Å². The van der Waals surface area contributed by atoms with E-state index in [0.29, 0.717) is 35.3 Å². The summed E-state index contributed by atoms with van der Waals surface area (Å²) in [5, 5.41) is 27.0. The average Bonchev–Trinajstić information content (AvgIpc) is 3.86. The molecule has 2 aliphatic heterocycles. The molecule has 0 spiro atoms. The number of fused-ring (bicyclic) bond motifs is 2. The van der Waals surface area contributed by atoms with E-state index in [1.165, 1.54) is 30.4 Å². The Hall–Kier alpha value is -5.58. The largest absolute Gasteiger partial charge is 0.486 e. The topological polar surface area (TPSA) is 256 Å². The van der Waals surface area contributed by atoms with E-state index >= 15 is 0 Å². The van der Waals surface area contributed by atoms with Crippen molar-refractivity contribution in [3.63, 3.8) is 0 Å². The number of aliphatic carboxylic acids is 2. The summed E-state index contributed by atoms with van der Waals surface area (Å²) >= 11 is 12.5. The van der Waals surface area contributed by atoms with Crippen LogP contribution < -0.4 is 18.1 Å². The molecular weight excluding hydrogens is 1040 g/mol. The van der Waals surface area contributed by atoms with Crippen molar-refractivity contribution in [3.8, 4) is 11.5 Å². The lowest BCUT2D eigenvalue weighted by Gasteiger charge is -2.38. The van der Waals surface area contributed by atoms with E-state index in [9.17, 15) is 46.2 Å². The predicted molar refractivity (Wildman–Crippen MR) is 277 cm³/mol. The first-order chi connectivity index (χ1) is 33.9. The highest BCUT2D eigenvalue weighted by atomic mass is 35.5. The fourth-order valence-corrected chi connectivity index (χ4v) is 12.3. The number of carbonyl (C=O) groups is 4. The molecule has 0 radical (unpaired) electrons. The molecule has 0 fully saturated rings. The molecular formula is C50H68Cl2N6O14S2. The Kier molecular flexibility index (Phi) is 17.6. The van der Waals surface area contributed by atoms with Gasteiger partial charge in [-0.15, -0.1) is 0 Å². The Balaban J connectivity index is 0.000000274. The summed E-state index contributed by atoms with van der Waals surface area (Å²) < 4.78 is 84.1. The highest BCUT2D eigenvalue weighted by molar-refractivity contribution is 7.93. The molecule has 0 unspecified atom stereocenters. The number of hydrogen-bond donors (Lipinski definition) is 2. The number of nitrogens with zero attached hydrogens (tertiary/aromatic N) is 6. The summed E-state index contributed by atoms with van der Waals surface area (Å²) in [6, 6.07) is 6.58. The summed E-state index contributed by atoms with van der Waals surface area (Å²) in [5.41, 5.74) is -0.897. The molecule has 0 bridgehead atoms. The van der Waals surface area contributed by atoms with Crippen molar-refractivity contribution in [2.24, 2.45) is 10.8 Å². The zero-order valence-electron chi connectivity index (χ0n) is 44.3. The van der Waals surface area contributed by atoms with Gasteiger partial charge in [-0.25, -0.2) is 16.8 Å². The third-order valence-electron chi connectivity index (χ3n) is 12.1. The van der Waals surface area contributed by atoms with E-state index in [4.69, 9.17) is 42.1 Å². The molecule has 0 saturated heterocycles. The molecule has 0 saturated carbocycles. The van der Waals surface area contributed by atoms with Gasteiger partial charge < -0.3 is 29.2 Å². The van der Waals surface area contributed by atoms with E-state index < -0.39 is 78.2 Å². The van der Waals surface area contributed by atoms with Gasteiger partial charge in [-0.3, -0.25) is 37.2 Å². The molecule has 0 amide bonds. The normalized spacial score (nSPS) is 16.2. The van der Waals surface area contributed by atoms with Gasteiger partial charge in [0.1, 0.15) is 44.7 Å². The van der Waals surface area contributed by atoms with Crippen LogP contribution in [0.5, 0.6) is 11.5 Å². The number of sulfonamides is 2. The third-order valence-corrected chi connectivity index (χ3v) is 16.5. The summed E-state index contributed by atoms with van der Waals surface area (Å²) in [7, 11) is -8.45. The fourth-order valence-electron chi connectivity index (χ4n) is 8.31. The van der Waals surface area contributed by atoms with E-state index in [-0.39, 0.29) is 81.7 Å². The molecule has 2 aromatic carbocycles. The molecule has 2 aromatic heterocycles. The molecule has 24 heteroatoms. The zero-order valence-corrected chi connectivity index (χ0v) is 47.5. The number of hydrogen-bond acceptors (Lipinski definition) is 14. The Morgan fingerprint density at radius 1 is 0.622 bits per heavy atom. The van der Waals surface area contributed by atoms with Crippen LogP contribution >= 0.6 is 23.2 Å². The van der Waals surface area contributed by atoms with Crippen LogP contribution in [-0.2, 0) is 74.6 Å². The van der Waals surface area contributed by atoms with E-state index in [1.807, 2.05) is 0 Å². The van der Waals surface area contributed by atoms with Crippen LogP contribution in [0, 0.1) is 24.7 Å². The highest BCUT2D eigenvalue weighted by Gasteiger charge is 2.44. The van der Waals surface area contributed by atoms with Crippen molar-refractivity contribution in [1.82, 2.24) is 19.6 Å². The molecule has 2 atom stereocenters. The van der Waals surface area contributed by atoms with Gasteiger partial charge in [-0.2, -0.15) is 10.2 Å². The van der Waals surface area contributed by atoms with Crippen molar-refractivity contribution >= 4 is 78.5 Å². The first-order valence-electron chi connectivity index (χ1n) is 23.9. The lowest BCUT2D eigenvalue weighted by Crippen LogP contribution is -2.46. The monoisotopic (exact) mass is 1110 g/mol. The number of anilines is 2. The number of carboxylic acids is 2. The Morgan fingerprint density at radius 2 is 0.946 bits per heavy atom. The molecule has 4 heterocycles. The van der Waals surface area contributed by atoms with Crippen LogP contribution in [-0.4, -0.2) is 107 Å². The standard InChI is InChI=1S/2C25H34ClN3O7S/c2*1-8-28-14-19(22(26)27-28)37(33,34)29-13-17(12-25(6,7)23(31)32)35-18-10-9-16(15(2)21(18)29)11-20(30)36-24(3,4)5/h2*9-10,14,17H,8,11-13H2,1-7H3,(H,31,32)/t2*17-/m10/s1. The molecule has 2 N–H and O–H groups in total. The number of carboxylic acid groups (broad SMARTS) is 2. The second-order valence-electron chi connectivity index (χ2n) is 21.5. The van der Waals surface area contributed by atoms with Gasteiger partial charge in [0, 0.05) is 38.3 Å². The van der Waals surface area contributed by atoms with Gasteiger partial charge in [-0.05, 0) is 131 Å². The van der Waals surface area contributed by atoms with Crippen molar-refractivity contribution < 1.29 is 65.2 Å². The van der Waals surface area contributed by atoms with Crippen LogP contribution in [0.2, 0.25) is 10.3 Å². The maximum Gasteiger partial charge on any atom is 0.310 e. The Bertz CT molecular complexity index is 2830. The minimum Gasteiger partial charge on any atom is -0.486 e. The second-order valence-corrected chi connectivity index (χ2v) is 25.9. The number of carbonyl (C=O) groups excluding carboxylic acids is 2. The van der Waals surface area contributed by atoms with Gasteiger partial charge in [0.25, 0.3) is 20.0 Å². The summed E-state index contributed by atoms with van der Waals surface area (Å²) in [5.74, 6) is -2.40. The number of aromatic nitrogens is 4. The average molecular weight is 1110 g/mol. The lowest BCUT2D eigenvalue weighted by atomic mass is 9.86. The number of esters is 2. The third kappa shape index (κ3) is 13.6. The summed E-state index contributed by atoms with van der Waals surface area (Å²) in [6.07, 6.45) is 1.24. The minimum atomic E-state index is -4.23. The molecule has 0 aliphatic carbocycles. The van der Waals surface area contributed by atoms with Crippen molar-refractivity contribution in [2.75, 3.05) is 21.7 Å². The number of ether oxygens (including phenoxy) is 4. The number of benzene rings is 2. The van der Waals surface area contributed by atoms with E-state index in [2.05, 4.69) is 10.2 Å². The van der Waals surface area contributed by atoms with Crippen LogP contribution in [0.25, 0.3) is 0 Å². The second kappa shape index (κ2) is 21.9. The van der Waals surface area contributed by atoms with Gasteiger partial charge in [0.2, 0.25) is 0 Å². The molecule has 20 nitrogen and oxygen atoms in total. The SMILES string of the molecule is CCn1cc(S(=O)(=O)N2C[C@@H](CC(C)(C)C(=O)O)Oc3ccc(CC(=O)OC(C)(C)C)c(C)c32)c(Cl)n1.CCn1cc(S(=O)(=O)N2C[C@H](CC(C)(C)C(=O)O)Oc3ccc(CC(=O)OC(C)(C)C)c(C)c32)c(Cl)n1. The Morgan fingerprint density at radius 3 is 1.22 bits per heavy atom.